The van der Waals surface area contributed by atoms with Gasteiger partial charge in [-0.15, -0.1) is 0 Å². The van der Waals surface area contributed by atoms with E-state index in [9.17, 15) is 9.59 Å². The summed E-state index contributed by atoms with van der Waals surface area (Å²) in [5.41, 5.74) is 2.13. The van der Waals surface area contributed by atoms with Crippen LogP contribution in [0.3, 0.4) is 0 Å². The average Bonchev–Trinajstić information content (AvgIpc) is 2.56. The minimum atomic E-state index is -0.414. The van der Waals surface area contributed by atoms with Gasteiger partial charge in [0.05, 0.1) is 32.0 Å². The summed E-state index contributed by atoms with van der Waals surface area (Å²) >= 11 is 0. The van der Waals surface area contributed by atoms with E-state index in [-0.39, 0.29) is 23.1 Å². The van der Waals surface area contributed by atoms with Crippen LogP contribution in [0.15, 0.2) is 17.2 Å². The second-order valence-electron chi connectivity index (χ2n) is 8.00. The zero-order valence-corrected chi connectivity index (χ0v) is 16.5. The number of rotatable bonds is 2. The third-order valence-electron chi connectivity index (χ3n) is 5.08. The first kappa shape index (κ1) is 18.6. The average molecular weight is 358 g/mol. The van der Waals surface area contributed by atoms with Gasteiger partial charge in [-0.3, -0.25) is 9.59 Å². The van der Waals surface area contributed by atoms with Crippen LogP contribution in [-0.4, -0.2) is 38.0 Å². The van der Waals surface area contributed by atoms with Crippen LogP contribution in [0, 0.1) is 0 Å². The molecule has 5 heteroatoms. The van der Waals surface area contributed by atoms with Crippen molar-refractivity contribution in [1.82, 2.24) is 0 Å². The number of hydrogen-bond acceptors (Lipinski definition) is 5. The Bertz CT molecular complexity index is 826. The van der Waals surface area contributed by atoms with Crippen molar-refractivity contribution in [3.05, 3.63) is 33.9 Å². The van der Waals surface area contributed by atoms with Crippen LogP contribution < -0.4 is 9.47 Å². The molecule has 0 bridgehead atoms. The second kappa shape index (κ2) is 6.23. The molecule has 1 aliphatic carbocycles. The van der Waals surface area contributed by atoms with Crippen LogP contribution in [0.4, 0.5) is 0 Å². The third-order valence-corrected chi connectivity index (χ3v) is 5.08. The molecule has 1 aliphatic heterocycles. The predicted molar refractivity (Wildman–Crippen MR) is 98.6 cm³/mol. The molecule has 2 atom stereocenters. The molecule has 0 spiro atoms. The fraction of sp³-hybridized carbons (Fsp3) is 0.524. The molecule has 0 radical (unpaired) electrons. The van der Waals surface area contributed by atoms with Gasteiger partial charge in [-0.2, -0.15) is 0 Å². The first-order valence-corrected chi connectivity index (χ1v) is 8.89. The van der Waals surface area contributed by atoms with Crippen molar-refractivity contribution in [2.24, 2.45) is 0 Å². The summed E-state index contributed by atoms with van der Waals surface area (Å²) in [6.45, 7) is 9.77. The minimum absolute atomic E-state index is 0.104. The summed E-state index contributed by atoms with van der Waals surface area (Å²) in [6.07, 6.45) is -0.0804. The molecular weight excluding hydrogens is 332 g/mol. The van der Waals surface area contributed by atoms with Crippen LogP contribution in [-0.2, 0) is 10.2 Å². The van der Waals surface area contributed by atoms with Gasteiger partial charge in [0.15, 0.2) is 11.6 Å². The number of ether oxygens (including phenoxy) is 3. The summed E-state index contributed by atoms with van der Waals surface area (Å²) in [7, 11) is 3.06. The zero-order chi connectivity index (χ0) is 19.4. The van der Waals surface area contributed by atoms with Crippen LogP contribution in [0.5, 0.6) is 11.5 Å². The molecule has 26 heavy (non-hydrogen) atoms. The number of methoxy groups -OCH3 is 2. The summed E-state index contributed by atoms with van der Waals surface area (Å²) < 4.78 is 16.8. The molecule has 1 aromatic carbocycles. The van der Waals surface area contributed by atoms with Gasteiger partial charge in [0.25, 0.3) is 0 Å². The van der Waals surface area contributed by atoms with Crippen molar-refractivity contribution in [3.8, 4) is 11.5 Å². The highest BCUT2D eigenvalue weighted by Crippen LogP contribution is 2.46. The number of hydrogen-bond donors (Lipinski definition) is 0. The van der Waals surface area contributed by atoms with Crippen LogP contribution in [0.25, 0.3) is 0 Å². The minimum Gasteiger partial charge on any atom is -0.496 e. The van der Waals surface area contributed by atoms with Crippen LogP contribution >= 0.6 is 0 Å². The van der Waals surface area contributed by atoms with E-state index in [1.807, 2.05) is 34.6 Å². The number of carbonyl (C=O) groups excluding carboxylic acids is 2. The highest BCUT2D eigenvalue weighted by Gasteiger charge is 2.44. The molecule has 5 nitrogen and oxygen atoms in total. The monoisotopic (exact) mass is 358 g/mol. The highest BCUT2D eigenvalue weighted by molar-refractivity contribution is 6.29. The predicted octanol–water partition coefficient (Wildman–Crippen LogP) is 3.87. The lowest BCUT2D eigenvalue weighted by Gasteiger charge is -2.35. The fourth-order valence-corrected chi connectivity index (χ4v) is 4.08. The van der Waals surface area contributed by atoms with E-state index in [4.69, 9.17) is 14.2 Å². The topological polar surface area (TPSA) is 61.8 Å². The summed E-state index contributed by atoms with van der Waals surface area (Å²) in [4.78, 5) is 26.9. The van der Waals surface area contributed by atoms with E-state index in [2.05, 4.69) is 0 Å². The van der Waals surface area contributed by atoms with Crippen molar-refractivity contribution in [1.29, 1.82) is 0 Å². The Hall–Kier alpha value is -2.14. The molecular formula is C21H26O5. The third kappa shape index (κ3) is 2.65. The molecule has 140 valence electrons. The standard InChI is InChI=1S/C21H26O5/c1-10-8-12-15(11(2)26-10)20(23)16-13(24-6)9-14(25-7)18(21(3,4)5)17(16)19(12)22/h9-11H,8H2,1-7H3/t10-,11+/m0/s1. The molecule has 0 aromatic heterocycles. The van der Waals surface area contributed by atoms with Gasteiger partial charge in [-0.1, -0.05) is 20.8 Å². The van der Waals surface area contributed by atoms with Gasteiger partial charge in [-0.25, -0.2) is 0 Å². The number of ketones is 2. The van der Waals surface area contributed by atoms with Crippen molar-refractivity contribution >= 4 is 11.6 Å². The number of carbonyl (C=O) groups is 2. The highest BCUT2D eigenvalue weighted by atomic mass is 16.5. The van der Waals surface area contributed by atoms with Gasteiger partial charge in [0, 0.05) is 34.8 Å². The lowest BCUT2D eigenvalue weighted by Crippen LogP contribution is -2.38. The molecule has 0 saturated heterocycles. The van der Waals surface area contributed by atoms with Crippen molar-refractivity contribution < 1.29 is 23.8 Å². The van der Waals surface area contributed by atoms with Crippen LogP contribution in [0.2, 0.25) is 0 Å². The van der Waals surface area contributed by atoms with E-state index in [1.165, 1.54) is 7.11 Å². The number of Topliss-reactive ketones (excluding diaryl/α,β-unsaturated/α-hetero) is 2. The van der Waals surface area contributed by atoms with Gasteiger partial charge >= 0.3 is 0 Å². The number of fused-ring (bicyclic) bond motifs is 1. The van der Waals surface area contributed by atoms with Gasteiger partial charge in [0.1, 0.15) is 11.5 Å². The first-order chi connectivity index (χ1) is 12.1. The molecule has 1 heterocycles. The number of benzene rings is 1. The Labute approximate surface area is 154 Å². The maximum Gasteiger partial charge on any atom is 0.196 e. The quantitative estimate of drug-likeness (QED) is 0.803. The van der Waals surface area contributed by atoms with Crippen molar-refractivity contribution in [3.63, 3.8) is 0 Å². The lowest BCUT2D eigenvalue weighted by atomic mass is 9.72. The van der Waals surface area contributed by atoms with Gasteiger partial charge in [0.2, 0.25) is 0 Å². The van der Waals surface area contributed by atoms with E-state index in [0.717, 1.165) is 5.56 Å². The Balaban J connectivity index is 2.39. The molecule has 3 rings (SSSR count). The smallest absolute Gasteiger partial charge is 0.196 e. The Kier molecular flexibility index (Phi) is 4.47. The van der Waals surface area contributed by atoms with E-state index in [0.29, 0.717) is 40.2 Å². The Morgan fingerprint density at radius 2 is 1.62 bits per heavy atom. The maximum atomic E-state index is 13.5. The van der Waals surface area contributed by atoms with Crippen LogP contribution in [0.1, 0.15) is 67.3 Å². The molecule has 0 unspecified atom stereocenters. The zero-order valence-electron chi connectivity index (χ0n) is 16.5. The Morgan fingerprint density at radius 1 is 1.00 bits per heavy atom. The summed E-state index contributed by atoms with van der Waals surface area (Å²) in [6, 6.07) is 1.70. The molecule has 0 saturated carbocycles. The normalized spacial score (nSPS) is 22.9. The summed E-state index contributed by atoms with van der Waals surface area (Å²) in [5, 5.41) is 0. The second-order valence-corrected chi connectivity index (χ2v) is 8.00. The maximum absolute atomic E-state index is 13.5. The largest absolute Gasteiger partial charge is 0.496 e. The van der Waals surface area contributed by atoms with Gasteiger partial charge < -0.3 is 14.2 Å². The molecule has 0 amide bonds. The van der Waals surface area contributed by atoms with E-state index in [1.54, 1.807) is 13.2 Å². The summed E-state index contributed by atoms with van der Waals surface area (Å²) in [5.74, 6) is 0.629. The molecule has 0 N–H and O–H groups in total. The Morgan fingerprint density at radius 3 is 2.15 bits per heavy atom. The lowest BCUT2D eigenvalue weighted by molar-refractivity contribution is 0.0148. The van der Waals surface area contributed by atoms with E-state index >= 15 is 0 Å². The molecule has 0 fully saturated rings. The fourth-order valence-electron chi connectivity index (χ4n) is 4.08. The molecule has 2 aliphatic rings. The SMILES string of the molecule is COc1cc(OC)c(C(C)(C)C)c2c1C(=O)C1=C(C[C@H](C)O[C@@H]1C)C2=O. The van der Waals surface area contributed by atoms with Crippen molar-refractivity contribution in [2.45, 2.75) is 58.7 Å². The van der Waals surface area contributed by atoms with Gasteiger partial charge in [-0.05, 0) is 19.3 Å². The first-order valence-electron chi connectivity index (χ1n) is 8.89. The van der Waals surface area contributed by atoms with Crippen molar-refractivity contribution in [2.75, 3.05) is 14.2 Å². The van der Waals surface area contributed by atoms with E-state index < -0.39 is 6.10 Å². The molecule has 1 aromatic rings.